The van der Waals surface area contributed by atoms with Gasteiger partial charge in [0.15, 0.2) is 6.61 Å². The van der Waals surface area contributed by atoms with Gasteiger partial charge in [-0.2, -0.15) is 0 Å². The van der Waals surface area contributed by atoms with E-state index in [-0.39, 0.29) is 12.5 Å². The van der Waals surface area contributed by atoms with Crippen molar-refractivity contribution in [1.82, 2.24) is 0 Å². The monoisotopic (exact) mass is 334 g/mol. The normalized spacial score (nSPS) is 10.1. The highest BCUT2D eigenvalue weighted by Crippen LogP contribution is 2.25. The molecule has 1 amide bonds. The topological polar surface area (TPSA) is 64.3 Å². The lowest BCUT2D eigenvalue weighted by Crippen LogP contribution is -2.20. The molecule has 0 radical (unpaired) electrons. The molecular formula is C15H15BrN2O2. The number of nitrogens with two attached hydrogens (primary N) is 1. The van der Waals surface area contributed by atoms with Crippen molar-refractivity contribution in [3.05, 3.63) is 52.5 Å². The summed E-state index contributed by atoms with van der Waals surface area (Å²) in [6.45, 7) is 1.85. The zero-order valence-corrected chi connectivity index (χ0v) is 12.6. The van der Waals surface area contributed by atoms with Crippen molar-refractivity contribution in [2.45, 2.75) is 6.92 Å². The zero-order chi connectivity index (χ0) is 14.5. The van der Waals surface area contributed by atoms with Crippen LogP contribution in [0.4, 0.5) is 11.4 Å². The molecule has 2 rings (SSSR count). The Bertz CT molecular complexity index is 629. The summed E-state index contributed by atoms with van der Waals surface area (Å²) < 4.78 is 6.28. The summed E-state index contributed by atoms with van der Waals surface area (Å²) in [5.74, 6) is 0.273. The maximum Gasteiger partial charge on any atom is 0.262 e. The highest BCUT2D eigenvalue weighted by atomic mass is 79.9. The number of anilines is 2. The third-order valence-corrected chi connectivity index (χ3v) is 3.24. The minimum absolute atomic E-state index is 0.0832. The van der Waals surface area contributed by atoms with E-state index < -0.39 is 0 Å². The van der Waals surface area contributed by atoms with Gasteiger partial charge < -0.3 is 15.8 Å². The van der Waals surface area contributed by atoms with E-state index in [1.165, 1.54) is 0 Å². The number of nitrogen functional groups attached to an aromatic ring is 1. The van der Waals surface area contributed by atoms with E-state index in [0.29, 0.717) is 11.4 Å². The van der Waals surface area contributed by atoms with Crippen LogP contribution in [0.25, 0.3) is 0 Å². The van der Waals surface area contributed by atoms with Crippen molar-refractivity contribution in [2.24, 2.45) is 0 Å². The molecule has 104 valence electrons. The molecule has 20 heavy (non-hydrogen) atoms. The Kier molecular flexibility index (Phi) is 4.63. The van der Waals surface area contributed by atoms with Crippen LogP contribution in [0.2, 0.25) is 0 Å². The van der Waals surface area contributed by atoms with Crippen molar-refractivity contribution < 1.29 is 9.53 Å². The molecule has 3 N–H and O–H groups in total. The Hall–Kier alpha value is -2.01. The van der Waals surface area contributed by atoms with Crippen LogP contribution < -0.4 is 15.8 Å². The molecule has 2 aromatic carbocycles. The predicted octanol–water partition coefficient (Wildman–Crippen LogP) is 3.36. The van der Waals surface area contributed by atoms with Gasteiger partial charge in [0.1, 0.15) is 5.75 Å². The molecule has 0 bridgehead atoms. The number of nitrogens with one attached hydrogen (secondary N) is 1. The first-order valence-corrected chi connectivity index (χ1v) is 6.89. The van der Waals surface area contributed by atoms with Crippen LogP contribution >= 0.6 is 15.9 Å². The third kappa shape index (κ3) is 3.74. The summed E-state index contributed by atoms with van der Waals surface area (Å²) in [7, 11) is 0. The third-order valence-electron chi connectivity index (χ3n) is 2.75. The maximum atomic E-state index is 11.8. The number of para-hydroxylation sites is 1. The Labute approximate surface area is 126 Å². The molecule has 0 atom stereocenters. The Morgan fingerprint density at radius 1 is 1.30 bits per heavy atom. The van der Waals surface area contributed by atoms with Crippen LogP contribution in [-0.2, 0) is 4.79 Å². The zero-order valence-electron chi connectivity index (χ0n) is 11.0. The molecule has 0 aromatic heterocycles. The van der Waals surface area contributed by atoms with Gasteiger partial charge in [0.25, 0.3) is 5.91 Å². The molecular weight excluding hydrogens is 320 g/mol. The lowest BCUT2D eigenvalue weighted by molar-refractivity contribution is -0.118. The van der Waals surface area contributed by atoms with Crippen molar-refractivity contribution in [3.63, 3.8) is 0 Å². The molecule has 0 fully saturated rings. The molecule has 0 spiro atoms. The van der Waals surface area contributed by atoms with E-state index in [4.69, 9.17) is 10.5 Å². The predicted molar refractivity (Wildman–Crippen MR) is 83.9 cm³/mol. The number of halogens is 1. The number of benzene rings is 2. The molecule has 0 heterocycles. The first-order valence-electron chi connectivity index (χ1n) is 6.09. The fourth-order valence-corrected chi connectivity index (χ4v) is 2.07. The van der Waals surface area contributed by atoms with Crippen LogP contribution in [0.5, 0.6) is 5.75 Å². The molecule has 0 aliphatic heterocycles. The Balaban J connectivity index is 1.94. The molecule has 0 unspecified atom stereocenters. The van der Waals surface area contributed by atoms with E-state index in [1.54, 1.807) is 12.1 Å². The number of ether oxygens (including phenoxy) is 1. The average molecular weight is 335 g/mol. The molecule has 5 heteroatoms. The Morgan fingerprint density at radius 2 is 2.05 bits per heavy atom. The fourth-order valence-electron chi connectivity index (χ4n) is 1.69. The number of carbonyl (C=O) groups is 1. The van der Waals surface area contributed by atoms with E-state index in [1.807, 2.05) is 37.3 Å². The summed E-state index contributed by atoms with van der Waals surface area (Å²) in [5, 5.41) is 2.80. The van der Waals surface area contributed by atoms with Gasteiger partial charge in [-0.1, -0.05) is 34.1 Å². The van der Waals surface area contributed by atoms with Gasteiger partial charge in [-0.05, 0) is 36.8 Å². The first kappa shape index (κ1) is 14.4. The number of hydrogen-bond donors (Lipinski definition) is 2. The van der Waals surface area contributed by atoms with Gasteiger partial charge in [-0.15, -0.1) is 0 Å². The number of amides is 1. The lowest BCUT2D eigenvalue weighted by atomic mass is 10.2. The van der Waals surface area contributed by atoms with Gasteiger partial charge in [-0.3, -0.25) is 4.79 Å². The van der Waals surface area contributed by atoms with Crippen LogP contribution in [0.15, 0.2) is 46.9 Å². The van der Waals surface area contributed by atoms with Crippen molar-refractivity contribution >= 4 is 33.2 Å². The van der Waals surface area contributed by atoms with Gasteiger partial charge in [0.05, 0.1) is 5.69 Å². The molecule has 4 nitrogen and oxygen atoms in total. The van der Waals surface area contributed by atoms with Gasteiger partial charge in [-0.25, -0.2) is 0 Å². The second-order valence-corrected chi connectivity index (χ2v) is 5.25. The van der Waals surface area contributed by atoms with E-state index in [0.717, 1.165) is 15.7 Å². The molecule has 0 saturated carbocycles. The van der Waals surface area contributed by atoms with E-state index in [2.05, 4.69) is 21.2 Å². The minimum Gasteiger partial charge on any atom is -0.482 e. The summed E-state index contributed by atoms with van der Waals surface area (Å²) in [5.41, 5.74) is 8.07. The van der Waals surface area contributed by atoms with Crippen molar-refractivity contribution in [2.75, 3.05) is 17.7 Å². The summed E-state index contributed by atoms with van der Waals surface area (Å²) >= 11 is 3.31. The number of hydrogen-bond acceptors (Lipinski definition) is 3. The summed E-state index contributed by atoms with van der Waals surface area (Å²) in [4.78, 5) is 11.8. The van der Waals surface area contributed by atoms with Crippen LogP contribution in [0.3, 0.4) is 0 Å². The molecule has 0 saturated heterocycles. The maximum absolute atomic E-state index is 11.8. The second kappa shape index (κ2) is 6.43. The van der Waals surface area contributed by atoms with Crippen LogP contribution in [-0.4, -0.2) is 12.5 Å². The number of aryl methyl sites for hydroxylation is 1. The molecule has 0 aliphatic carbocycles. The summed E-state index contributed by atoms with van der Waals surface area (Å²) in [6, 6.07) is 12.8. The largest absolute Gasteiger partial charge is 0.482 e. The van der Waals surface area contributed by atoms with Gasteiger partial charge in [0.2, 0.25) is 0 Å². The minimum atomic E-state index is -0.221. The number of carbonyl (C=O) groups excluding carboxylic acids is 1. The average Bonchev–Trinajstić information content (AvgIpc) is 2.40. The quantitative estimate of drug-likeness (QED) is 0.842. The van der Waals surface area contributed by atoms with Crippen LogP contribution in [0, 0.1) is 6.92 Å². The lowest BCUT2D eigenvalue weighted by Gasteiger charge is -2.10. The molecule has 0 aliphatic rings. The molecule has 2 aromatic rings. The smallest absolute Gasteiger partial charge is 0.262 e. The Morgan fingerprint density at radius 3 is 2.75 bits per heavy atom. The summed E-state index contributed by atoms with van der Waals surface area (Å²) in [6.07, 6.45) is 0. The fraction of sp³-hybridized carbons (Fsp3) is 0.133. The standard InChI is InChI=1S/C15H15BrN2O2/c1-10-4-2-3-5-13(10)18-15(19)9-20-14-7-6-11(16)8-12(14)17/h2-8H,9,17H2,1H3,(H,18,19). The first-order chi connectivity index (χ1) is 9.56. The SMILES string of the molecule is Cc1ccccc1NC(=O)COc1ccc(Br)cc1N. The van der Waals surface area contributed by atoms with Crippen LogP contribution in [0.1, 0.15) is 5.56 Å². The van der Waals surface area contributed by atoms with E-state index in [9.17, 15) is 4.79 Å². The number of rotatable bonds is 4. The van der Waals surface area contributed by atoms with Gasteiger partial charge >= 0.3 is 0 Å². The second-order valence-electron chi connectivity index (χ2n) is 4.33. The van der Waals surface area contributed by atoms with Crippen molar-refractivity contribution in [1.29, 1.82) is 0 Å². The highest BCUT2D eigenvalue weighted by Gasteiger charge is 2.07. The van der Waals surface area contributed by atoms with Crippen molar-refractivity contribution in [3.8, 4) is 5.75 Å². The highest BCUT2D eigenvalue weighted by molar-refractivity contribution is 9.10. The van der Waals surface area contributed by atoms with Gasteiger partial charge in [0, 0.05) is 10.2 Å². The van der Waals surface area contributed by atoms with E-state index >= 15 is 0 Å².